The number of hydrogen-bond donors (Lipinski definition) is 1. The van der Waals surface area contributed by atoms with E-state index in [2.05, 4.69) is 9.97 Å². The van der Waals surface area contributed by atoms with Crippen LogP contribution in [0.15, 0.2) is 36.5 Å². The number of benzene rings is 1. The van der Waals surface area contributed by atoms with Crippen molar-refractivity contribution >= 4 is 5.97 Å². The number of carboxylic acid groups (broad SMARTS) is 1. The fourth-order valence-electron chi connectivity index (χ4n) is 1.63. The molecule has 2 rings (SSSR count). The van der Waals surface area contributed by atoms with E-state index in [1.807, 2.05) is 31.2 Å². The maximum Gasteiger partial charge on any atom is 0.307 e. The molecule has 0 saturated carbocycles. The number of aromatic nitrogens is 2. The van der Waals surface area contributed by atoms with Crippen molar-refractivity contribution in [2.24, 2.45) is 0 Å². The third-order valence-electron chi connectivity index (χ3n) is 2.35. The number of carbonyl (C=O) groups is 1. The van der Waals surface area contributed by atoms with Gasteiger partial charge in [0.25, 0.3) is 0 Å². The van der Waals surface area contributed by atoms with Crippen LogP contribution in [0.25, 0.3) is 11.3 Å². The average Bonchev–Trinajstić information content (AvgIpc) is 2.28. The standard InChI is InChI=1S/C13H12N2O2/c1-9-14-6-5-12(15-9)11-4-2-3-10(7-11)8-13(16)17/h2-7H,8H2,1H3,(H,16,17). The van der Waals surface area contributed by atoms with Gasteiger partial charge >= 0.3 is 5.97 Å². The van der Waals surface area contributed by atoms with Crippen LogP contribution in [0.4, 0.5) is 0 Å². The van der Waals surface area contributed by atoms with Crippen LogP contribution < -0.4 is 0 Å². The normalized spacial score (nSPS) is 10.2. The highest BCUT2D eigenvalue weighted by Gasteiger charge is 2.04. The Morgan fingerprint density at radius 3 is 2.88 bits per heavy atom. The summed E-state index contributed by atoms with van der Waals surface area (Å²) in [7, 11) is 0. The summed E-state index contributed by atoms with van der Waals surface area (Å²) in [6.45, 7) is 1.82. The number of aliphatic carboxylic acids is 1. The van der Waals surface area contributed by atoms with Crippen LogP contribution in [-0.2, 0) is 11.2 Å². The zero-order valence-corrected chi connectivity index (χ0v) is 9.42. The molecule has 0 saturated heterocycles. The highest BCUT2D eigenvalue weighted by molar-refractivity contribution is 5.71. The van der Waals surface area contributed by atoms with Crippen molar-refractivity contribution in [3.05, 3.63) is 47.9 Å². The van der Waals surface area contributed by atoms with Crippen LogP contribution >= 0.6 is 0 Å². The lowest BCUT2D eigenvalue weighted by atomic mass is 10.1. The molecule has 17 heavy (non-hydrogen) atoms. The van der Waals surface area contributed by atoms with E-state index in [-0.39, 0.29) is 6.42 Å². The van der Waals surface area contributed by atoms with E-state index in [9.17, 15) is 4.79 Å². The zero-order chi connectivity index (χ0) is 12.3. The summed E-state index contributed by atoms with van der Waals surface area (Å²) in [5.41, 5.74) is 2.49. The van der Waals surface area contributed by atoms with Gasteiger partial charge in [-0.1, -0.05) is 18.2 Å². The minimum atomic E-state index is -0.832. The molecule has 0 amide bonds. The lowest BCUT2D eigenvalue weighted by Crippen LogP contribution is -2.00. The molecule has 0 atom stereocenters. The van der Waals surface area contributed by atoms with Crippen molar-refractivity contribution in [2.45, 2.75) is 13.3 Å². The van der Waals surface area contributed by atoms with Gasteiger partial charge in [0, 0.05) is 11.8 Å². The van der Waals surface area contributed by atoms with Crippen molar-refractivity contribution < 1.29 is 9.90 Å². The van der Waals surface area contributed by atoms with Gasteiger partial charge in [-0.3, -0.25) is 4.79 Å². The van der Waals surface area contributed by atoms with Crippen LogP contribution in [0.3, 0.4) is 0 Å². The largest absolute Gasteiger partial charge is 0.481 e. The first-order valence-electron chi connectivity index (χ1n) is 5.26. The Morgan fingerprint density at radius 1 is 1.35 bits per heavy atom. The van der Waals surface area contributed by atoms with Gasteiger partial charge in [-0.2, -0.15) is 0 Å². The lowest BCUT2D eigenvalue weighted by molar-refractivity contribution is -0.136. The first kappa shape index (κ1) is 11.3. The molecule has 0 aliphatic rings. The maximum atomic E-state index is 10.6. The number of aryl methyl sites for hydroxylation is 1. The van der Waals surface area contributed by atoms with Crippen molar-refractivity contribution in [2.75, 3.05) is 0 Å². The summed E-state index contributed by atoms with van der Waals surface area (Å²) in [6.07, 6.45) is 1.72. The van der Waals surface area contributed by atoms with Crippen LogP contribution in [0.2, 0.25) is 0 Å². The minimum Gasteiger partial charge on any atom is -0.481 e. The first-order chi connectivity index (χ1) is 8.15. The number of rotatable bonds is 3. The third kappa shape index (κ3) is 2.87. The van der Waals surface area contributed by atoms with Crippen LogP contribution in [0.5, 0.6) is 0 Å². The van der Waals surface area contributed by atoms with E-state index in [0.29, 0.717) is 5.82 Å². The predicted molar refractivity (Wildman–Crippen MR) is 63.5 cm³/mol. The minimum absolute atomic E-state index is 0.0257. The van der Waals surface area contributed by atoms with Crippen LogP contribution in [0, 0.1) is 6.92 Å². The number of carboxylic acids is 1. The second kappa shape index (κ2) is 4.74. The SMILES string of the molecule is Cc1nccc(-c2cccc(CC(=O)O)c2)n1. The maximum absolute atomic E-state index is 10.6. The van der Waals surface area contributed by atoms with Gasteiger partial charge in [0.15, 0.2) is 0 Å². The lowest BCUT2D eigenvalue weighted by Gasteiger charge is -2.03. The van der Waals surface area contributed by atoms with Crippen molar-refractivity contribution in [3.8, 4) is 11.3 Å². The summed E-state index contributed by atoms with van der Waals surface area (Å²) in [5, 5.41) is 8.75. The van der Waals surface area contributed by atoms with Gasteiger partial charge in [-0.05, 0) is 24.6 Å². The molecule has 1 aromatic heterocycles. The molecule has 0 fully saturated rings. The van der Waals surface area contributed by atoms with Gasteiger partial charge < -0.3 is 5.11 Å². The number of nitrogens with zero attached hydrogens (tertiary/aromatic N) is 2. The molecular weight excluding hydrogens is 216 g/mol. The van der Waals surface area contributed by atoms with Gasteiger partial charge in [0.05, 0.1) is 12.1 Å². The van der Waals surface area contributed by atoms with E-state index < -0.39 is 5.97 Å². The fraction of sp³-hybridized carbons (Fsp3) is 0.154. The smallest absolute Gasteiger partial charge is 0.307 e. The van der Waals surface area contributed by atoms with Crippen molar-refractivity contribution in [1.82, 2.24) is 9.97 Å². The Balaban J connectivity index is 2.36. The second-order valence-electron chi connectivity index (χ2n) is 3.76. The molecule has 2 aromatic rings. The Kier molecular flexibility index (Phi) is 3.14. The highest BCUT2D eigenvalue weighted by atomic mass is 16.4. The van der Waals surface area contributed by atoms with Gasteiger partial charge in [-0.25, -0.2) is 9.97 Å². The van der Waals surface area contributed by atoms with E-state index in [0.717, 1.165) is 16.8 Å². The molecule has 0 bridgehead atoms. The van der Waals surface area contributed by atoms with Crippen LogP contribution in [-0.4, -0.2) is 21.0 Å². The summed E-state index contributed by atoms with van der Waals surface area (Å²) in [5.74, 6) is -0.132. The van der Waals surface area contributed by atoms with Crippen molar-refractivity contribution in [3.63, 3.8) is 0 Å². The highest BCUT2D eigenvalue weighted by Crippen LogP contribution is 2.18. The van der Waals surface area contributed by atoms with Crippen molar-refractivity contribution in [1.29, 1.82) is 0 Å². The van der Waals surface area contributed by atoms with Crippen LogP contribution in [0.1, 0.15) is 11.4 Å². The molecule has 0 aliphatic heterocycles. The molecule has 1 N–H and O–H groups in total. The topological polar surface area (TPSA) is 63.1 Å². The monoisotopic (exact) mass is 228 g/mol. The zero-order valence-electron chi connectivity index (χ0n) is 9.42. The molecule has 86 valence electrons. The average molecular weight is 228 g/mol. The van der Waals surface area contributed by atoms with Gasteiger partial charge in [0.2, 0.25) is 0 Å². The quantitative estimate of drug-likeness (QED) is 0.873. The van der Waals surface area contributed by atoms with Gasteiger partial charge in [-0.15, -0.1) is 0 Å². The third-order valence-corrected chi connectivity index (χ3v) is 2.35. The molecule has 0 spiro atoms. The summed E-state index contributed by atoms with van der Waals surface area (Å²) in [4.78, 5) is 19.0. The Morgan fingerprint density at radius 2 is 2.18 bits per heavy atom. The first-order valence-corrected chi connectivity index (χ1v) is 5.26. The predicted octanol–water partition coefficient (Wildman–Crippen LogP) is 2.08. The van der Waals surface area contributed by atoms with E-state index in [1.54, 1.807) is 12.3 Å². The summed E-state index contributed by atoms with van der Waals surface area (Å²) in [6, 6.07) is 9.20. The molecule has 0 aliphatic carbocycles. The molecule has 0 unspecified atom stereocenters. The summed E-state index contributed by atoms with van der Waals surface area (Å²) < 4.78 is 0. The molecule has 4 heteroatoms. The number of hydrogen-bond acceptors (Lipinski definition) is 3. The second-order valence-corrected chi connectivity index (χ2v) is 3.76. The summed E-state index contributed by atoms with van der Waals surface area (Å²) >= 11 is 0. The van der Waals surface area contributed by atoms with E-state index in [4.69, 9.17) is 5.11 Å². The van der Waals surface area contributed by atoms with Gasteiger partial charge in [0.1, 0.15) is 5.82 Å². The molecule has 0 radical (unpaired) electrons. The molecule has 1 aromatic carbocycles. The Hall–Kier alpha value is -2.23. The Labute approximate surface area is 99.0 Å². The molecule has 4 nitrogen and oxygen atoms in total. The van der Waals surface area contributed by atoms with E-state index in [1.165, 1.54) is 0 Å². The van der Waals surface area contributed by atoms with E-state index >= 15 is 0 Å². The molecule has 1 heterocycles. The Bertz CT molecular complexity index is 553. The fourth-order valence-corrected chi connectivity index (χ4v) is 1.63. The molecular formula is C13H12N2O2.